The van der Waals surface area contributed by atoms with Crippen LogP contribution in [0.2, 0.25) is 0 Å². The van der Waals surface area contributed by atoms with E-state index in [1.165, 1.54) is 0 Å². The molecule has 0 saturated carbocycles. The Kier molecular flexibility index (Phi) is 4.50. The van der Waals surface area contributed by atoms with E-state index < -0.39 is 9.84 Å². The number of hydrogen-bond acceptors (Lipinski definition) is 3. The van der Waals surface area contributed by atoms with Crippen LogP contribution in [0.5, 0.6) is 0 Å². The quantitative estimate of drug-likeness (QED) is 0.854. The van der Waals surface area contributed by atoms with Crippen molar-refractivity contribution in [2.45, 2.75) is 31.7 Å². The molecule has 1 aromatic carbocycles. The van der Waals surface area contributed by atoms with Crippen molar-refractivity contribution in [1.29, 1.82) is 0 Å². The maximum absolute atomic E-state index is 11.9. The molecule has 90 valence electrons. The molecule has 0 unspecified atom stereocenters. The van der Waals surface area contributed by atoms with Crippen molar-refractivity contribution in [2.75, 3.05) is 12.3 Å². The highest BCUT2D eigenvalue weighted by Gasteiger charge is 2.13. The van der Waals surface area contributed by atoms with E-state index >= 15 is 0 Å². The van der Waals surface area contributed by atoms with Crippen LogP contribution in [0.4, 0.5) is 0 Å². The first-order chi connectivity index (χ1) is 7.42. The molecule has 0 aliphatic rings. The molecule has 0 radical (unpaired) electrons. The fourth-order valence-corrected chi connectivity index (χ4v) is 2.52. The summed E-state index contributed by atoms with van der Waals surface area (Å²) in [5.74, 6) is 0.147. The van der Waals surface area contributed by atoms with Gasteiger partial charge in [-0.3, -0.25) is 0 Å². The lowest BCUT2D eigenvalue weighted by molar-refractivity contribution is 0.578. The van der Waals surface area contributed by atoms with Crippen LogP contribution in [0, 0.1) is 6.92 Å². The zero-order chi connectivity index (χ0) is 12.2. The zero-order valence-electron chi connectivity index (χ0n) is 10.0. The number of aryl methyl sites for hydroxylation is 1. The summed E-state index contributed by atoms with van der Waals surface area (Å²) >= 11 is 0. The number of hydrogen-bond donors (Lipinski definition) is 1. The van der Waals surface area contributed by atoms with E-state index in [4.69, 9.17) is 0 Å². The Morgan fingerprint density at radius 2 is 1.75 bits per heavy atom. The molecule has 0 amide bonds. The summed E-state index contributed by atoms with van der Waals surface area (Å²) < 4.78 is 23.8. The SMILES string of the molecule is Cc1ccc(S(=O)(=O)CCNC(C)C)cc1. The van der Waals surface area contributed by atoms with Crippen molar-refractivity contribution in [3.63, 3.8) is 0 Å². The summed E-state index contributed by atoms with van der Waals surface area (Å²) in [6, 6.07) is 7.29. The first-order valence-electron chi connectivity index (χ1n) is 5.44. The van der Waals surface area contributed by atoms with Crippen molar-refractivity contribution in [1.82, 2.24) is 5.32 Å². The summed E-state index contributed by atoms with van der Waals surface area (Å²) in [6.07, 6.45) is 0. The lowest BCUT2D eigenvalue weighted by atomic mass is 10.2. The zero-order valence-corrected chi connectivity index (χ0v) is 10.8. The van der Waals surface area contributed by atoms with E-state index in [0.717, 1.165) is 5.56 Å². The molecular formula is C12H19NO2S. The van der Waals surface area contributed by atoms with Gasteiger partial charge in [0.25, 0.3) is 0 Å². The maximum Gasteiger partial charge on any atom is 0.179 e. The normalized spacial score (nSPS) is 12.0. The van der Waals surface area contributed by atoms with Gasteiger partial charge in [-0.25, -0.2) is 8.42 Å². The summed E-state index contributed by atoms with van der Waals surface area (Å²) in [4.78, 5) is 0.406. The Morgan fingerprint density at radius 1 is 1.19 bits per heavy atom. The van der Waals surface area contributed by atoms with Crippen molar-refractivity contribution in [2.24, 2.45) is 0 Å². The maximum atomic E-state index is 11.9. The van der Waals surface area contributed by atoms with Gasteiger partial charge in [0.1, 0.15) is 0 Å². The smallest absolute Gasteiger partial charge is 0.179 e. The van der Waals surface area contributed by atoms with Crippen LogP contribution in [-0.4, -0.2) is 26.8 Å². The summed E-state index contributed by atoms with van der Waals surface area (Å²) in [6.45, 7) is 6.43. The van der Waals surface area contributed by atoms with Crippen LogP contribution in [0.1, 0.15) is 19.4 Å². The molecule has 1 N–H and O–H groups in total. The van der Waals surface area contributed by atoms with Crippen LogP contribution in [-0.2, 0) is 9.84 Å². The Hall–Kier alpha value is -0.870. The second kappa shape index (κ2) is 5.46. The van der Waals surface area contributed by atoms with Gasteiger partial charge in [0, 0.05) is 12.6 Å². The average Bonchev–Trinajstić information content (AvgIpc) is 2.17. The third kappa shape index (κ3) is 3.94. The third-order valence-corrected chi connectivity index (χ3v) is 4.04. The van der Waals surface area contributed by atoms with Gasteiger partial charge in [-0.1, -0.05) is 31.5 Å². The number of rotatable bonds is 5. The van der Waals surface area contributed by atoms with E-state index in [1.54, 1.807) is 12.1 Å². The molecule has 1 aromatic rings. The molecule has 4 heteroatoms. The van der Waals surface area contributed by atoms with E-state index in [1.807, 2.05) is 32.9 Å². The molecule has 16 heavy (non-hydrogen) atoms. The van der Waals surface area contributed by atoms with Gasteiger partial charge < -0.3 is 5.32 Å². The Morgan fingerprint density at radius 3 is 2.25 bits per heavy atom. The van der Waals surface area contributed by atoms with Crippen LogP contribution in [0.3, 0.4) is 0 Å². The molecule has 0 bridgehead atoms. The van der Waals surface area contributed by atoms with Gasteiger partial charge >= 0.3 is 0 Å². The van der Waals surface area contributed by atoms with E-state index in [2.05, 4.69) is 5.32 Å². The third-order valence-electron chi connectivity index (χ3n) is 2.30. The van der Waals surface area contributed by atoms with Crippen molar-refractivity contribution < 1.29 is 8.42 Å². The molecule has 0 fully saturated rings. The highest BCUT2D eigenvalue weighted by molar-refractivity contribution is 7.91. The van der Waals surface area contributed by atoms with Crippen molar-refractivity contribution in [3.8, 4) is 0 Å². The molecular weight excluding hydrogens is 222 g/mol. The lowest BCUT2D eigenvalue weighted by Gasteiger charge is -2.08. The second-order valence-corrected chi connectivity index (χ2v) is 6.35. The van der Waals surface area contributed by atoms with Gasteiger partial charge in [-0.2, -0.15) is 0 Å². The average molecular weight is 241 g/mol. The molecule has 0 aromatic heterocycles. The topological polar surface area (TPSA) is 46.2 Å². The Labute approximate surface area is 97.8 Å². The van der Waals surface area contributed by atoms with Gasteiger partial charge in [-0.15, -0.1) is 0 Å². The van der Waals surface area contributed by atoms with Gasteiger partial charge in [-0.05, 0) is 19.1 Å². The van der Waals surface area contributed by atoms with Crippen LogP contribution < -0.4 is 5.32 Å². The van der Waals surface area contributed by atoms with Crippen LogP contribution in [0.25, 0.3) is 0 Å². The standard InChI is InChI=1S/C12H19NO2S/c1-10(2)13-8-9-16(14,15)12-6-4-11(3)5-7-12/h4-7,10,13H,8-9H2,1-3H3. The molecule has 0 atom stereocenters. The Balaban J connectivity index is 2.67. The van der Waals surface area contributed by atoms with Gasteiger partial charge in [0.15, 0.2) is 9.84 Å². The highest BCUT2D eigenvalue weighted by atomic mass is 32.2. The summed E-state index contributed by atoms with van der Waals surface area (Å²) in [5, 5.41) is 3.10. The molecule has 3 nitrogen and oxygen atoms in total. The largest absolute Gasteiger partial charge is 0.314 e. The predicted octanol–water partition coefficient (Wildman–Crippen LogP) is 1.77. The molecule has 0 aliphatic heterocycles. The number of nitrogens with one attached hydrogen (secondary N) is 1. The minimum absolute atomic E-state index is 0.147. The van der Waals surface area contributed by atoms with Crippen molar-refractivity contribution >= 4 is 9.84 Å². The van der Waals surface area contributed by atoms with Crippen molar-refractivity contribution in [3.05, 3.63) is 29.8 Å². The molecule has 0 aliphatic carbocycles. The molecule has 0 saturated heterocycles. The molecule has 1 rings (SSSR count). The number of sulfone groups is 1. The van der Waals surface area contributed by atoms with E-state index in [9.17, 15) is 8.42 Å². The van der Waals surface area contributed by atoms with Crippen LogP contribution >= 0.6 is 0 Å². The highest BCUT2D eigenvalue weighted by Crippen LogP contribution is 2.11. The second-order valence-electron chi connectivity index (χ2n) is 4.24. The molecule has 0 spiro atoms. The van der Waals surface area contributed by atoms with Crippen LogP contribution in [0.15, 0.2) is 29.2 Å². The predicted molar refractivity (Wildman–Crippen MR) is 66.4 cm³/mol. The summed E-state index contributed by atoms with van der Waals surface area (Å²) in [7, 11) is -3.14. The van der Waals surface area contributed by atoms with Gasteiger partial charge in [0.2, 0.25) is 0 Å². The lowest BCUT2D eigenvalue weighted by Crippen LogP contribution is -2.28. The monoisotopic (exact) mass is 241 g/mol. The minimum atomic E-state index is -3.14. The van der Waals surface area contributed by atoms with E-state index in [-0.39, 0.29) is 5.75 Å². The molecule has 0 heterocycles. The first kappa shape index (κ1) is 13.2. The fourth-order valence-electron chi connectivity index (χ4n) is 1.35. The fraction of sp³-hybridized carbons (Fsp3) is 0.500. The summed E-state index contributed by atoms with van der Waals surface area (Å²) in [5.41, 5.74) is 1.07. The first-order valence-corrected chi connectivity index (χ1v) is 7.10. The Bertz CT molecular complexity index is 421. The van der Waals surface area contributed by atoms with Gasteiger partial charge in [0.05, 0.1) is 10.6 Å². The van der Waals surface area contributed by atoms with E-state index in [0.29, 0.717) is 17.5 Å². The number of benzene rings is 1. The minimum Gasteiger partial charge on any atom is -0.314 e.